The second-order valence-electron chi connectivity index (χ2n) is 7.79. The number of anilines is 1. The van der Waals surface area contributed by atoms with Crippen LogP contribution in [0, 0.1) is 29.1 Å². The van der Waals surface area contributed by atoms with Crippen LogP contribution in [0.25, 0.3) is 0 Å². The summed E-state index contributed by atoms with van der Waals surface area (Å²) in [6.45, 7) is 0.0997. The fraction of sp³-hybridized carbons (Fsp3) is 0.333. The number of hydrogen-bond acceptors (Lipinski definition) is 4. The molecule has 33 heavy (non-hydrogen) atoms. The van der Waals surface area contributed by atoms with E-state index in [1.54, 1.807) is 0 Å². The molecule has 2 saturated carbocycles. The van der Waals surface area contributed by atoms with Crippen molar-refractivity contribution in [1.29, 1.82) is 0 Å². The number of ether oxygens (including phenoxy) is 1. The summed E-state index contributed by atoms with van der Waals surface area (Å²) in [5.41, 5.74) is -0.630. The Morgan fingerprint density at radius 3 is 1.94 bits per heavy atom. The molecule has 5 nitrogen and oxygen atoms in total. The van der Waals surface area contributed by atoms with Gasteiger partial charge in [-0.1, -0.05) is 23.2 Å². The number of amides is 1. The van der Waals surface area contributed by atoms with Gasteiger partial charge in [0, 0.05) is 17.1 Å². The number of benzene rings is 2. The first kappa shape index (κ1) is 23.7. The molecule has 0 unspecified atom stereocenters. The highest BCUT2D eigenvalue weighted by atomic mass is 35.5. The molecule has 0 spiro atoms. The van der Waals surface area contributed by atoms with E-state index in [1.807, 2.05) is 0 Å². The van der Waals surface area contributed by atoms with Crippen molar-refractivity contribution in [3.8, 4) is 5.75 Å². The normalized spacial score (nSPS) is 15.6. The minimum Gasteiger partial charge on any atom is -0.416 e. The van der Waals surface area contributed by atoms with Crippen LogP contribution in [0.1, 0.15) is 36.0 Å². The summed E-state index contributed by atoms with van der Waals surface area (Å²) in [4.78, 5) is 27.1. The Hall–Kier alpha value is -2.43. The number of hydrogen-bond donors (Lipinski definition) is 1. The van der Waals surface area contributed by atoms with E-state index in [2.05, 4.69) is 15.0 Å². The lowest BCUT2D eigenvalue weighted by atomic mass is 10.2. The molecule has 176 valence electrons. The van der Waals surface area contributed by atoms with Gasteiger partial charge in [-0.25, -0.2) is 18.0 Å². The fourth-order valence-electron chi connectivity index (χ4n) is 3.38. The summed E-state index contributed by atoms with van der Waals surface area (Å²) in [6.07, 6.45) is 4.04. The minimum absolute atomic E-state index is 0.0786. The molecular weight excluding hydrogens is 494 g/mol. The van der Waals surface area contributed by atoms with Gasteiger partial charge in [-0.2, -0.15) is 8.78 Å². The first-order valence-corrected chi connectivity index (χ1v) is 10.6. The van der Waals surface area contributed by atoms with E-state index >= 15 is 0 Å². The summed E-state index contributed by atoms with van der Waals surface area (Å²) in [5.74, 6) is -15.4. The number of esters is 1. The van der Waals surface area contributed by atoms with Crippen LogP contribution in [0.4, 0.5) is 27.6 Å². The molecule has 4 rings (SSSR count). The van der Waals surface area contributed by atoms with Gasteiger partial charge in [0.2, 0.25) is 40.7 Å². The Bertz CT molecular complexity index is 1110. The van der Waals surface area contributed by atoms with Crippen molar-refractivity contribution >= 4 is 40.8 Å². The Morgan fingerprint density at radius 2 is 1.42 bits per heavy atom. The third kappa shape index (κ3) is 4.92. The predicted molar refractivity (Wildman–Crippen MR) is 109 cm³/mol. The van der Waals surface area contributed by atoms with Crippen LogP contribution < -0.4 is 10.1 Å². The van der Waals surface area contributed by atoms with Gasteiger partial charge < -0.3 is 10.1 Å². The van der Waals surface area contributed by atoms with Gasteiger partial charge in [-0.3, -0.25) is 9.69 Å². The van der Waals surface area contributed by atoms with Gasteiger partial charge >= 0.3 is 5.97 Å². The zero-order chi connectivity index (χ0) is 24.0. The van der Waals surface area contributed by atoms with Crippen molar-refractivity contribution in [3.63, 3.8) is 0 Å². The molecule has 0 bridgehead atoms. The molecule has 0 heterocycles. The second-order valence-corrected chi connectivity index (χ2v) is 8.60. The third-order valence-electron chi connectivity index (χ3n) is 5.25. The lowest BCUT2D eigenvalue weighted by Crippen LogP contribution is -2.36. The van der Waals surface area contributed by atoms with E-state index in [0.29, 0.717) is 12.1 Å². The molecule has 0 aliphatic heterocycles. The molecular formula is C21H15Cl2F5N2O3. The zero-order valence-corrected chi connectivity index (χ0v) is 18.2. The highest BCUT2D eigenvalue weighted by molar-refractivity contribution is 6.38. The number of rotatable bonds is 7. The lowest BCUT2D eigenvalue weighted by Gasteiger charge is -2.21. The van der Waals surface area contributed by atoms with Gasteiger partial charge in [0.1, 0.15) is 0 Å². The van der Waals surface area contributed by atoms with Crippen molar-refractivity contribution in [2.24, 2.45) is 0 Å². The van der Waals surface area contributed by atoms with Crippen LogP contribution in [0.15, 0.2) is 12.1 Å². The van der Waals surface area contributed by atoms with E-state index in [0.717, 1.165) is 31.7 Å². The maximum absolute atomic E-state index is 13.9. The van der Waals surface area contributed by atoms with Crippen molar-refractivity contribution in [3.05, 3.63) is 56.8 Å². The lowest BCUT2D eigenvalue weighted by molar-refractivity contribution is -0.117. The molecule has 2 aromatic carbocycles. The standard InChI is InChI=1S/C21H15Cl2F5N2O3/c22-8-5-11(21(32)33-20-18(27)16(25)15(24)17(26)19(20)28)14(23)12(6-8)29-13(31)7-30(9-1-2-9)10-3-4-10/h5-6,9-10H,1-4,7H2,(H,29,31). The number of nitrogens with one attached hydrogen (secondary N) is 1. The van der Waals surface area contributed by atoms with Gasteiger partial charge in [0.25, 0.3) is 0 Å². The smallest absolute Gasteiger partial charge is 0.345 e. The second kappa shape index (κ2) is 9.08. The number of halogens is 7. The molecule has 0 atom stereocenters. The monoisotopic (exact) mass is 508 g/mol. The molecule has 2 fully saturated rings. The average molecular weight is 509 g/mol. The third-order valence-corrected chi connectivity index (χ3v) is 5.88. The van der Waals surface area contributed by atoms with E-state index in [-0.39, 0.29) is 22.3 Å². The van der Waals surface area contributed by atoms with Crippen LogP contribution >= 0.6 is 23.2 Å². The van der Waals surface area contributed by atoms with E-state index in [4.69, 9.17) is 23.2 Å². The van der Waals surface area contributed by atoms with Crippen molar-refractivity contribution < 1.29 is 36.3 Å². The van der Waals surface area contributed by atoms with E-state index < -0.39 is 52.3 Å². The molecule has 2 aliphatic carbocycles. The van der Waals surface area contributed by atoms with Gasteiger partial charge in [-0.05, 0) is 37.8 Å². The van der Waals surface area contributed by atoms with E-state index in [9.17, 15) is 31.5 Å². The predicted octanol–water partition coefficient (Wildman–Crippen LogP) is 5.47. The number of carbonyl (C=O) groups excluding carboxylic acids is 2. The molecule has 2 aromatic rings. The summed E-state index contributed by atoms with van der Waals surface area (Å²) < 4.78 is 72.1. The summed E-state index contributed by atoms with van der Waals surface area (Å²) >= 11 is 12.1. The maximum atomic E-state index is 13.9. The highest BCUT2D eigenvalue weighted by Gasteiger charge is 2.40. The molecule has 0 saturated heterocycles. The van der Waals surface area contributed by atoms with Crippen molar-refractivity contribution in [2.45, 2.75) is 37.8 Å². The summed E-state index contributed by atoms with van der Waals surface area (Å²) in [7, 11) is 0. The Labute approximate surface area is 194 Å². The first-order chi connectivity index (χ1) is 15.6. The Kier molecular flexibility index (Phi) is 6.52. The van der Waals surface area contributed by atoms with Crippen LogP contribution in [0.2, 0.25) is 10.0 Å². The number of carbonyl (C=O) groups is 2. The molecule has 2 aliphatic rings. The van der Waals surface area contributed by atoms with E-state index in [1.165, 1.54) is 6.07 Å². The Balaban J connectivity index is 1.55. The van der Waals surface area contributed by atoms with Crippen LogP contribution in [-0.2, 0) is 4.79 Å². The fourth-order valence-corrected chi connectivity index (χ4v) is 3.83. The minimum atomic E-state index is -2.40. The zero-order valence-electron chi connectivity index (χ0n) is 16.7. The molecule has 0 radical (unpaired) electrons. The molecule has 1 amide bonds. The average Bonchev–Trinajstić information content (AvgIpc) is 3.68. The van der Waals surface area contributed by atoms with Crippen molar-refractivity contribution in [2.75, 3.05) is 11.9 Å². The molecule has 12 heteroatoms. The topological polar surface area (TPSA) is 58.6 Å². The Morgan fingerprint density at radius 1 is 0.909 bits per heavy atom. The quantitative estimate of drug-likeness (QED) is 0.177. The van der Waals surface area contributed by atoms with Crippen LogP contribution in [-0.4, -0.2) is 35.4 Å². The summed E-state index contributed by atoms with van der Waals surface area (Å²) in [5, 5.41) is 2.05. The first-order valence-electron chi connectivity index (χ1n) is 9.86. The highest BCUT2D eigenvalue weighted by Crippen LogP contribution is 2.37. The van der Waals surface area contributed by atoms with Crippen LogP contribution in [0.5, 0.6) is 5.75 Å². The van der Waals surface area contributed by atoms with Gasteiger partial charge in [0.05, 0.1) is 22.8 Å². The van der Waals surface area contributed by atoms with Crippen LogP contribution in [0.3, 0.4) is 0 Å². The van der Waals surface area contributed by atoms with Gasteiger partial charge in [0.15, 0.2) is 0 Å². The maximum Gasteiger partial charge on any atom is 0.345 e. The number of nitrogens with zero attached hydrogens (tertiary/aromatic N) is 1. The molecule has 1 N–H and O–H groups in total. The largest absolute Gasteiger partial charge is 0.416 e. The molecule has 0 aromatic heterocycles. The van der Waals surface area contributed by atoms with Crippen molar-refractivity contribution in [1.82, 2.24) is 4.90 Å². The summed E-state index contributed by atoms with van der Waals surface area (Å²) in [6, 6.07) is 2.92. The van der Waals surface area contributed by atoms with Gasteiger partial charge in [-0.15, -0.1) is 0 Å². The SMILES string of the molecule is O=C(CN(C1CC1)C1CC1)Nc1cc(Cl)cc(C(=O)Oc2c(F)c(F)c(F)c(F)c2F)c1Cl.